The average molecular weight is 2180 g/mol. The Bertz CT molecular complexity index is 5170. The molecule has 0 amide bonds. The molecule has 10 aromatic rings. The van der Waals surface area contributed by atoms with Crippen molar-refractivity contribution < 1.29 is 107 Å². The Morgan fingerprint density at radius 2 is 0.803 bits per heavy atom. The molecule has 117 heavy (non-hydrogen) atoms. The van der Waals surface area contributed by atoms with Gasteiger partial charge in [-0.3, -0.25) is 23.6 Å². The Morgan fingerprint density at radius 1 is 0.453 bits per heavy atom. The number of anilines is 1. The first-order valence-electron chi connectivity index (χ1n) is 32.0. The van der Waals surface area contributed by atoms with Crippen LogP contribution in [-0.4, -0.2) is 135 Å². The second kappa shape index (κ2) is 52.1. The molecule has 0 aliphatic rings. The quantitative estimate of drug-likeness (QED) is 0.0295. The number of hydrogen-bond donors (Lipinski definition) is 5. The van der Waals surface area contributed by atoms with Crippen LogP contribution in [0.5, 0.6) is 11.5 Å². The number of nitrogens with two attached hydrogens (primary N) is 1. The number of aromatic nitrogens is 8. The van der Waals surface area contributed by atoms with Crippen molar-refractivity contribution in [1.82, 2.24) is 39.9 Å². The number of pyridine rings is 8. The minimum atomic E-state index is -4.63. The van der Waals surface area contributed by atoms with E-state index in [-0.39, 0.29) is 16.1 Å². The van der Waals surface area contributed by atoms with Gasteiger partial charge >= 0.3 is 117 Å². The van der Waals surface area contributed by atoms with Gasteiger partial charge in [-0.15, -0.1) is 0 Å². The molecule has 6 N–H and O–H groups in total. The molecule has 0 aliphatic carbocycles. The molecular formula is C70H50ClCs2F22I2N13O6S. The van der Waals surface area contributed by atoms with Gasteiger partial charge in [-0.2, -0.15) is 113 Å². The number of nitrogens with one attached hydrogen (secondary N) is 4. The number of nitriles is 4. The van der Waals surface area contributed by atoms with Crippen LogP contribution >= 0.6 is 68.5 Å². The SMILES string of the molecule is COc1ccc(CCc2cnc(C#N)c(C(F)(F)F)c2)cc1.COc1ccc(CCc2cnc(Cl)c(C(F)(F)F)c2)cc1.N#CSc1cnc(C#N)c(C(F)(F)F)c1.N#Cc1ncc(N)cc1C(F)(F)F.O=c1[nH]cc(I)cc1C(F)(F)F.O=c1[nH]cc(I)cc1C(F)(F)F.O=c1[nH]cccc1C(F)(F)F.O=c1cccc[nH]1.[2H]CF.[Cs][Cs]. The zero-order chi connectivity index (χ0) is 90.2. The van der Waals surface area contributed by atoms with Crippen LogP contribution in [0.15, 0.2) is 189 Å². The summed E-state index contributed by atoms with van der Waals surface area (Å²) in [6.45, 7) is 0. The number of hydrogen-bond acceptors (Lipinski definition) is 16. The third-order valence-electron chi connectivity index (χ3n) is 13.2. The Labute approximate surface area is 738 Å². The van der Waals surface area contributed by atoms with Gasteiger partial charge in [0.15, 0.2) is 17.1 Å². The summed E-state index contributed by atoms with van der Waals surface area (Å²) in [6, 6.07) is 30.8. The third kappa shape index (κ3) is 40.7. The van der Waals surface area contributed by atoms with Crippen molar-refractivity contribution in [3.63, 3.8) is 0 Å². The number of thioether (sulfide) groups is 1. The van der Waals surface area contributed by atoms with Crippen LogP contribution in [0, 0.1) is 51.8 Å². The monoisotopic (exact) mass is 2170 g/mol. The summed E-state index contributed by atoms with van der Waals surface area (Å²) in [5.41, 5.74) is -4.98. The Morgan fingerprint density at radius 3 is 1.14 bits per heavy atom. The van der Waals surface area contributed by atoms with E-state index in [0.717, 1.165) is 157 Å². The summed E-state index contributed by atoms with van der Waals surface area (Å²) in [4.78, 5) is 64.2. The fourth-order valence-electron chi connectivity index (χ4n) is 7.94. The van der Waals surface area contributed by atoms with E-state index in [1.165, 1.54) is 49.1 Å². The fourth-order valence-corrected chi connectivity index (χ4v) is 9.47. The number of thiocyanates is 1. The zero-order valence-electron chi connectivity index (χ0n) is 60.6. The summed E-state index contributed by atoms with van der Waals surface area (Å²) in [7, 11) is 2.14. The number of halogens is 25. The average Bonchev–Trinajstić information content (AvgIpc) is 0.839. The van der Waals surface area contributed by atoms with E-state index in [9.17, 15) is 116 Å². The summed E-state index contributed by atoms with van der Waals surface area (Å²) < 4.78 is 284. The fraction of sp³-hybridized carbons (Fsp3) is 0.200. The number of aromatic amines is 4. The van der Waals surface area contributed by atoms with Crippen LogP contribution < -0.4 is 37.4 Å². The summed E-state index contributed by atoms with van der Waals surface area (Å²) >= 11 is 11.7. The van der Waals surface area contributed by atoms with Gasteiger partial charge in [0.2, 0.25) is 5.56 Å². The van der Waals surface area contributed by atoms with Crippen molar-refractivity contribution in [3.05, 3.63) is 297 Å². The van der Waals surface area contributed by atoms with Crippen molar-refractivity contribution >= 4 is 148 Å². The number of H-pyrrole nitrogens is 4. The molecule has 8 aromatic heterocycles. The molecule has 2 aromatic carbocycles. The van der Waals surface area contributed by atoms with Crippen molar-refractivity contribution in [3.8, 4) is 35.1 Å². The predicted molar refractivity (Wildman–Crippen MR) is 400 cm³/mol. The molecule has 0 saturated heterocycles. The number of ether oxygens (including phenoxy) is 2. The molecule has 614 valence electrons. The Kier molecular flexibility index (Phi) is 47.2. The van der Waals surface area contributed by atoms with E-state index in [4.69, 9.17) is 49.2 Å². The number of rotatable bonds is 9. The summed E-state index contributed by atoms with van der Waals surface area (Å²) in [5, 5.41) is 34.8. The standard InChI is InChI=1S/C16H13F3N2O.C15H13ClF3NO.C8H2F3N3S.C7H4F3N3.2C6H3F3INO.C6H4F3NO.C5H5NO.CH3F.2Cs/c1-22-13-6-4-11(5-7-13)2-3-12-8-14(16(17,18)19)15(9-20)21-10-12;1-21-12-6-4-10(5-7-12)2-3-11-8-13(15(17,18)19)14(16)20-9-11;9-8(10,11)6-1-5(15-4-13)3-14-7(6)2-12;8-7(9,10)5-1-4(12)3-13-6(5)2-11;2*7-6(8,9)4-1-3(10)2-11-5(4)12;7-6(8,9)4-2-1-3-10-5(4)11;7-5-3-1-2-4-6-5;1-2;;/h4-8,10H,2-3H2,1H3;4-9H,2-3H2,1H3;1,3H;1,3H,12H2;2*1-2H,(H,11,12);1-3H,(H,10,11);1-4H,(H,6,7);1H3;;/i;;;;;;;;1D;;. The van der Waals surface area contributed by atoms with Crippen molar-refractivity contribution in [2.24, 2.45) is 0 Å². The molecule has 0 bridgehead atoms. The van der Waals surface area contributed by atoms with Crippen LogP contribution in [0.4, 0.5) is 102 Å². The van der Waals surface area contributed by atoms with Crippen LogP contribution in [0.2, 0.25) is 5.15 Å². The van der Waals surface area contributed by atoms with Gasteiger partial charge < -0.3 is 35.1 Å². The topological polar surface area (TPSA) is 323 Å². The van der Waals surface area contributed by atoms with Gasteiger partial charge in [0, 0.05) is 61.5 Å². The molecule has 0 fully saturated rings. The van der Waals surface area contributed by atoms with Gasteiger partial charge in [0.1, 0.15) is 57.0 Å². The zero-order valence-corrected chi connectivity index (χ0v) is 78.0. The van der Waals surface area contributed by atoms with E-state index in [1.807, 2.05) is 51.4 Å². The molecule has 47 heteroatoms. The number of alkyl halides is 22. The minimum absolute atomic E-state index is 0.0532. The van der Waals surface area contributed by atoms with E-state index in [2.05, 4.69) is 24.9 Å². The molecule has 0 aliphatic heterocycles. The number of methoxy groups -OCH3 is 2. The van der Waals surface area contributed by atoms with E-state index in [1.54, 1.807) is 95.3 Å². The molecule has 0 atom stereocenters. The first-order chi connectivity index (χ1) is 54.9. The summed E-state index contributed by atoms with van der Waals surface area (Å²) in [6.07, 6.45) is -20.0. The first kappa shape index (κ1) is 106. The van der Waals surface area contributed by atoms with Gasteiger partial charge in [-0.05, 0) is 184 Å². The van der Waals surface area contributed by atoms with Crippen LogP contribution in [0.3, 0.4) is 0 Å². The number of nitrogen functional groups attached to an aromatic ring is 1. The van der Waals surface area contributed by atoms with E-state index < -0.39 is 128 Å². The second-order valence-corrected chi connectivity index (χ2v) is 24.8. The first-order valence-corrected chi connectivity index (χ1v) is 86.6. The number of aryl methyl sites for hydroxylation is 4. The summed E-state index contributed by atoms with van der Waals surface area (Å²) in [5.74, 6) is 1.47. The molecule has 0 spiro atoms. The van der Waals surface area contributed by atoms with Crippen molar-refractivity contribution in [2.45, 2.75) is 73.8 Å². The number of benzene rings is 2. The van der Waals surface area contributed by atoms with Crippen molar-refractivity contribution in [2.75, 3.05) is 27.1 Å². The van der Waals surface area contributed by atoms with Gasteiger partial charge in [-0.25, -0.2) is 19.9 Å². The molecule has 0 radical (unpaired) electrons. The Balaban J connectivity index is 0.000000681. The molecular weight excluding hydrogens is 2120 g/mol. The maximum atomic E-state index is 12.9. The molecule has 10 rings (SSSR count). The van der Waals surface area contributed by atoms with Gasteiger partial charge in [0.05, 0.1) is 56.9 Å². The molecule has 8 heterocycles. The van der Waals surface area contributed by atoms with E-state index >= 15 is 0 Å². The third-order valence-corrected chi connectivity index (χ3v) is 15.3. The van der Waals surface area contributed by atoms with Gasteiger partial charge in [-0.1, -0.05) is 41.9 Å². The molecule has 19 nitrogen and oxygen atoms in total. The Hall–Kier alpha value is -7.14. The maximum absolute atomic E-state index is 12.9. The van der Waals surface area contributed by atoms with E-state index in [0.29, 0.717) is 61.8 Å². The second-order valence-electron chi connectivity index (χ2n) is 21.1. The van der Waals surface area contributed by atoms with Gasteiger partial charge in [0.25, 0.3) is 16.7 Å². The predicted octanol–water partition coefficient (Wildman–Crippen LogP) is 18.0. The molecule has 0 unspecified atom stereocenters. The van der Waals surface area contributed by atoms with Crippen LogP contribution in [0.1, 0.15) is 79.7 Å². The normalized spacial score (nSPS) is 10.9. The number of nitrogens with zero attached hydrogens (tertiary/aromatic N) is 8. The van der Waals surface area contributed by atoms with Crippen LogP contribution in [-0.2, 0) is 68.9 Å². The van der Waals surface area contributed by atoms with Crippen molar-refractivity contribution in [1.29, 1.82) is 21.0 Å². The molecule has 0 saturated carbocycles. The van der Waals surface area contributed by atoms with Crippen LogP contribution in [0.25, 0.3) is 0 Å².